The number of piperidine rings is 1. The minimum Gasteiger partial charge on any atom is -0.384 e. The number of aromatic nitrogens is 3. The van der Waals surface area contributed by atoms with E-state index in [2.05, 4.69) is 23.9 Å². The van der Waals surface area contributed by atoms with Gasteiger partial charge in [0.25, 0.3) is 0 Å². The Labute approximate surface area is 126 Å². The SMILES string of the molecule is COCC(C)(C)CC(=O)N1CCCC(Cn2cncn2)C1. The van der Waals surface area contributed by atoms with Crippen LogP contribution in [0.15, 0.2) is 12.7 Å². The summed E-state index contributed by atoms with van der Waals surface area (Å²) in [7, 11) is 1.68. The van der Waals surface area contributed by atoms with Gasteiger partial charge < -0.3 is 9.64 Å². The van der Waals surface area contributed by atoms with Crippen molar-refractivity contribution in [3.05, 3.63) is 12.7 Å². The molecule has 0 spiro atoms. The zero-order valence-corrected chi connectivity index (χ0v) is 13.3. The van der Waals surface area contributed by atoms with E-state index in [4.69, 9.17) is 4.74 Å². The maximum atomic E-state index is 12.5. The Bertz CT molecular complexity index is 445. The summed E-state index contributed by atoms with van der Waals surface area (Å²) in [6.07, 6.45) is 6.04. The van der Waals surface area contributed by atoms with Gasteiger partial charge in [0.1, 0.15) is 12.7 Å². The van der Waals surface area contributed by atoms with Crippen LogP contribution >= 0.6 is 0 Å². The zero-order valence-electron chi connectivity index (χ0n) is 13.3. The Morgan fingerprint density at radius 1 is 1.48 bits per heavy atom. The van der Waals surface area contributed by atoms with Crippen LogP contribution in [-0.4, -0.2) is 52.4 Å². The molecule has 1 aromatic heterocycles. The van der Waals surface area contributed by atoms with Gasteiger partial charge in [-0.3, -0.25) is 9.48 Å². The number of methoxy groups -OCH3 is 1. The number of nitrogens with zero attached hydrogens (tertiary/aromatic N) is 4. The standard InChI is InChI=1S/C15H26N4O2/c1-15(2,10-21-3)7-14(20)18-6-4-5-13(8-18)9-19-12-16-11-17-19/h11-13H,4-10H2,1-3H3. The number of hydrogen-bond donors (Lipinski definition) is 0. The first-order chi connectivity index (χ1) is 10.00. The van der Waals surface area contributed by atoms with Gasteiger partial charge in [-0.1, -0.05) is 13.8 Å². The van der Waals surface area contributed by atoms with Crippen LogP contribution in [0, 0.1) is 11.3 Å². The molecule has 0 aliphatic carbocycles. The first kappa shape index (κ1) is 15.9. The zero-order chi connectivity index (χ0) is 15.3. The van der Waals surface area contributed by atoms with Crippen LogP contribution in [0.3, 0.4) is 0 Å². The van der Waals surface area contributed by atoms with E-state index in [1.54, 1.807) is 19.8 Å². The molecule has 6 heteroatoms. The Kier molecular flexibility index (Phi) is 5.33. The lowest BCUT2D eigenvalue weighted by Gasteiger charge is -2.35. The lowest BCUT2D eigenvalue weighted by molar-refractivity contribution is -0.136. The minimum atomic E-state index is -0.106. The predicted octanol–water partition coefficient (Wildman–Crippen LogP) is 1.58. The second-order valence-electron chi connectivity index (χ2n) is 6.74. The van der Waals surface area contributed by atoms with Crippen molar-refractivity contribution in [3.8, 4) is 0 Å². The van der Waals surface area contributed by atoms with E-state index in [-0.39, 0.29) is 11.3 Å². The molecular weight excluding hydrogens is 268 g/mol. The molecule has 0 N–H and O–H groups in total. The largest absolute Gasteiger partial charge is 0.384 e. The molecule has 2 rings (SSSR count). The van der Waals surface area contributed by atoms with Crippen LogP contribution in [0.25, 0.3) is 0 Å². The highest BCUT2D eigenvalue weighted by molar-refractivity contribution is 5.77. The maximum absolute atomic E-state index is 12.5. The second kappa shape index (κ2) is 7.02. The number of rotatable bonds is 6. The van der Waals surface area contributed by atoms with Gasteiger partial charge in [0.15, 0.2) is 0 Å². The van der Waals surface area contributed by atoms with Crippen molar-refractivity contribution in [1.82, 2.24) is 19.7 Å². The average Bonchev–Trinajstić information content (AvgIpc) is 2.91. The highest BCUT2D eigenvalue weighted by atomic mass is 16.5. The Hall–Kier alpha value is -1.43. The normalized spacial score (nSPS) is 19.8. The van der Waals surface area contributed by atoms with E-state index in [1.807, 2.05) is 9.58 Å². The van der Waals surface area contributed by atoms with Crippen molar-refractivity contribution in [3.63, 3.8) is 0 Å². The lowest BCUT2D eigenvalue weighted by Crippen LogP contribution is -2.43. The number of likely N-dealkylation sites (tertiary alicyclic amines) is 1. The van der Waals surface area contributed by atoms with E-state index in [0.717, 1.165) is 32.5 Å². The summed E-state index contributed by atoms with van der Waals surface area (Å²) in [6.45, 7) is 7.29. The first-order valence-corrected chi connectivity index (χ1v) is 7.59. The van der Waals surface area contributed by atoms with Gasteiger partial charge in [0.2, 0.25) is 5.91 Å². The van der Waals surface area contributed by atoms with E-state index >= 15 is 0 Å². The number of ether oxygens (including phenoxy) is 1. The quantitative estimate of drug-likeness (QED) is 0.799. The fourth-order valence-electron chi connectivity index (χ4n) is 3.00. The highest BCUT2D eigenvalue weighted by Gasteiger charge is 2.28. The molecule has 1 aliphatic heterocycles. The van der Waals surface area contributed by atoms with Gasteiger partial charge in [0, 0.05) is 33.2 Å². The fourth-order valence-corrected chi connectivity index (χ4v) is 3.00. The third kappa shape index (κ3) is 4.81. The van der Waals surface area contributed by atoms with Crippen molar-refractivity contribution < 1.29 is 9.53 Å². The Morgan fingerprint density at radius 2 is 2.29 bits per heavy atom. The molecule has 1 aromatic rings. The molecule has 21 heavy (non-hydrogen) atoms. The number of carbonyl (C=O) groups is 1. The number of amides is 1. The molecule has 1 saturated heterocycles. The molecule has 1 atom stereocenters. The molecule has 0 aromatic carbocycles. The van der Waals surface area contributed by atoms with Gasteiger partial charge in [-0.25, -0.2) is 4.98 Å². The highest BCUT2D eigenvalue weighted by Crippen LogP contribution is 2.24. The van der Waals surface area contributed by atoms with Crippen molar-refractivity contribution in [1.29, 1.82) is 0 Å². The van der Waals surface area contributed by atoms with Gasteiger partial charge in [0.05, 0.1) is 6.61 Å². The number of hydrogen-bond acceptors (Lipinski definition) is 4. The van der Waals surface area contributed by atoms with Crippen LogP contribution in [0.1, 0.15) is 33.1 Å². The van der Waals surface area contributed by atoms with E-state index < -0.39 is 0 Å². The Balaban J connectivity index is 1.86. The summed E-state index contributed by atoms with van der Waals surface area (Å²) in [4.78, 5) is 18.4. The molecule has 0 saturated carbocycles. The molecule has 1 aliphatic rings. The number of carbonyl (C=O) groups excluding carboxylic acids is 1. The third-order valence-electron chi connectivity index (χ3n) is 3.95. The molecule has 1 amide bonds. The molecule has 118 valence electrons. The Morgan fingerprint density at radius 3 is 2.95 bits per heavy atom. The molecule has 0 bridgehead atoms. The summed E-state index contributed by atoms with van der Waals surface area (Å²) >= 11 is 0. The summed E-state index contributed by atoms with van der Waals surface area (Å²) in [5.74, 6) is 0.704. The molecule has 2 heterocycles. The van der Waals surface area contributed by atoms with Gasteiger partial charge in [-0.15, -0.1) is 0 Å². The molecule has 1 unspecified atom stereocenters. The predicted molar refractivity (Wildman–Crippen MR) is 79.6 cm³/mol. The van der Waals surface area contributed by atoms with Crippen LogP contribution in [0.2, 0.25) is 0 Å². The molecule has 1 fully saturated rings. The molecule has 0 radical (unpaired) electrons. The topological polar surface area (TPSA) is 60.2 Å². The van der Waals surface area contributed by atoms with Gasteiger partial charge >= 0.3 is 0 Å². The molecule has 6 nitrogen and oxygen atoms in total. The monoisotopic (exact) mass is 294 g/mol. The third-order valence-corrected chi connectivity index (χ3v) is 3.95. The summed E-state index contributed by atoms with van der Waals surface area (Å²) < 4.78 is 7.05. The lowest BCUT2D eigenvalue weighted by atomic mass is 9.89. The van der Waals surface area contributed by atoms with Gasteiger partial charge in [-0.2, -0.15) is 5.10 Å². The minimum absolute atomic E-state index is 0.106. The van der Waals surface area contributed by atoms with Crippen LogP contribution < -0.4 is 0 Å². The van der Waals surface area contributed by atoms with Crippen molar-refractivity contribution in [2.75, 3.05) is 26.8 Å². The average molecular weight is 294 g/mol. The maximum Gasteiger partial charge on any atom is 0.223 e. The van der Waals surface area contributed by atoms with Crippen LogP contribution in [0.4, 0.5) is 0 Å². The van der Waals surface area contributed by atoms with E-state index in [0.29, 0.717) is 18.9 Å². The second-order valence-corrected chi connectivity index (χ2v) is 6.74. The van der Waals surface area contributed by atoms with Crippen LogP contribution in [0.5, 0.6) is 0 Å². The molecular formula is C15H26N4O2. The van der Waals surface area contributed by atoms with Crippen molar-refractivity contribution in [2.45, 2.75) is 39.7 Å². The summed E-state index contributed by atoms with van der Waals surface area (Å²) in [5.41, 5.74) is -0.106. The van der Waals surface area contributed by atoms with Crippen molar-refractivity contribution in [2.24, 2.45) is 11.3 Å². The summed E-state index contributed by atoms with van der Waals surface area (Å²) in [5, 5.41) is 4.15. The first-order valence-electron chi connectivity index (χ1n) is 7.59. The fraction of sp³-hybridized carbons (Fsp3) is 0.800. The summed E-state index contributed by atoms with van der Waals surface area (Å²) in [6, 6.07) is 0. The van der Waals surface area contributed by atoms with Crippen molar-refractivity contribution >= 4 is 5.91 Å². The van der Waals surface area contributed by atoms with Gasteiger partial charge in [-0.05, 0) is 24.2 Å². The van der Waals surface area contributed by atoms with E-state index in [1.165, 1.54) is 0 Å². The van der Waals surface area contributed by atoms with Crippen LogP contribution in [-0.2, 0) is 16.1 Å². The van der Waals surface area contributed by atoms with E-state index in [9.17, 15) is 4.79 Å². The smallest absolute Gasteiger partial charge is 0.223 e.